The number of nitrogens with one attached hydrogen (secondary N) is 2. The molecule has 2 aromatic rings. The highest BCUT2D eigenvalue weighted by Crippen LogP contribution is 2.34. The second kappa shape index (κ2) is 7.68. The molecule has 1 aromatic carbocycles. The van der Waals surface area contributed by atoms with Crippen LogP contribution in [0.3, 0.4) is 0 Å². The van der Waals surface area contributed by atoms with Crippen LogP contribution in [0, 0.1) is 0 Å². The molecule has 0 spiro atoms. The highest BCUT2D eigenvalue weighted by molar-refractivity contribution is 7.14. The molecule has 0 bridgehead atoms. The van der Waals surface area contributed by atoms with E-state index in [1.165, 1.54) is 36.2 Å². The van der Waals surface area contributed by atoms with Crippen LogP contribution < -0.4 is 15.5 Å². The SMILES string of the molecule is CC(=O)N1CCc2ccc(-c3csc(NC(=O)NC4CCCCC4)n3)cc21. The molecular weight excluding hydrogens is 360 g/mol. The van der Waals surface area contributed by atoms with Crippen molar-refractivity contribution in [1.82, 2.24) is 10.3 Å². The second-order valence-electron chi connectivity index (χ2n) is 7.24. The van der Waals surface area contributed by atoms with Crippen LogP contribution in [0.4, 0.5) is 15.6 Å². The van der Waals surface area contributed by atoms with Gasteiger partial charge in [-0.05, 0) is 30.9 Å². The Hall–Kier alpha value is -2.41. The van der Waals surface area contributed by atoms with Crippen molar-refractivity contribution < 1.29 is 9.59 Å². The number of amides is 3. The summed E-state index contributed by atoms with van der Waals surface area (Å²) in [6, 6.07) is 6.20. The Morgan fingerprint density at radius 2 is 2.04 bits per heavy atom. The van der Waals surface area contributed by atoms with Gasteiger partial charge in [-0.3, -0.25) is 10.1 Å². The molecule has 1 aliphatic carbocycles. The predicted molar refractivity (Wildman–Crippen MR) is 108 cm³/mol. The minimum absolute atomic E-state index is 0.0610. The van der Waals surface area contributed by atoms with Crippen LogP contribution in [0.15, 0.2) is 23.6 Å². The van der Waals surface area contributed by atoms with E-state index in [0.29, 0.717) is 5.13 Å². The maximum atomic E-state index is 12.2. The van der Waals surface area contributed by atoms with E-state index in [9.17, 15) is 9.59 Å². The summed E-state index contributed by atoms with van der Waals surface area (Å²) in [6.45, 7) is 2.33. The van der Waals surface area contributed by atoms with E-state index in [1.807, 2.05) is 22.4 Å². The van der Waals surface area contributed by atoms with E-state index >= 15 is 0 Å². The number of thiazole rings is 1. The van der Waals surface area contributed by atoms with Crippen LogP contribution >= 0.6 is 11.3 Å². The van der Waals surface area contributed by atoms with Crippen molar-refractivity contribution in [2.75, 3.05) is 16.8 Å². The fourth-order valence-electron chi connectivity index (χ4n) is 3.89. The molecule has 7 heteroatoms. The zero-order valence-corrected chi connectivity index (χ0v) is 16.3. The van der Waals surface area contributed by atoms with Gasteiger partial charge >= 0.3 is 6.03 Å². The smallest absolute Gasteiger partial charge is 0.321 e. The van der Waals surface area contributed by atoms with Crippen LogP contribution in [0.25, 0.3) is 11.3 Å². The third kappa shape index (κ3) is 3.98. The van der Waals surface area contributed by atoms with Crippen molar-refractivity contribution >= 4 is 34.1 Å². The summed E-state index contributed by atoms with van der Waals surface area (Å²) in [5, 5.41) is 8.41. The summed E-state index contributed by atoms with van der Waals surface area (Å²) in [6.07, 6.45) is 6.62. The molecule has 142 valence electrons. The van der Waals surface area contributed by atoms with E-state index in [2.05, 4.69) is 21.7 Å². The first kappa shape index (κ1) is 18.0. The number of rotatable bonds is 3. The zero-order chi connectivity index (χ0) is 18.8. The molecular formula is C20H24N4O2S. The van der Waals surface area contributed by atoms with Gasteiger partial charge in [0, 0.05) is 36.1 Å². The maximum absolute atomic E-state index is 12.2. The molecule has 2 heterocycles. The molecule has 6 nitrogen and oxygen atoms in total. The third-order valence-electron chi connectivity index (χ3n) is 5.32. The molecule has 1 fully saturated rings. The Kier molecular flexibility index (Phi) is 5.11. The largest absolute Gasteiger partial charge is 0.335 e. The lowest BCUT2D eigenvalue weighted by Crippen LogP contribution is -2.38. The fourth-order valence-corrected chi connectivity index (χ4v) is 4.61. The van der Waals surface area contributed by atoms with E-state index < -0.39 is 0 Å². The number of fused-ring (bicyclic) bond motifs is 1. The molecule has 0 saturated heterocycles. The lowest BCUT2D eigenvalue weighted by molar-refractivity contribution is -0.116. The number of carbonyl (C=O) groups excluding carboxylic acids is 2. The summed E-state index contributed by atoms with van der Waals surface area (Å²) in [4.78, 5) is 30.4. The number of hydrogen-bond acceptors (Lipinski definition) is 4. The van der Waals surface area contributed by atoms with Crippen LogP contribution in [0.1, 0.15) is 44.6 Å². The molecule has 1 aromatic heterocycles. The van der Waals surface area contributed by atoms with Crippen LogP contribution in [0.2, 0.25) is 0 Å². The molecule has 0 radical (unpaired) electrons. The Labute approximate surface area is 163 Å². The van der Waals surface area contributed by atoms with Gasteiger partial charge < -0.3 is 10.2 Å². The van der Waals surface area contributed by atoms with Gasteiger partial charge in [0.05, 0.1) is 5.69 Å². The predicted octanol–water partition coefficient (Wildman–Crippen LogP) is 4.17. The van der Waals surface area contributed by atoms with Crippen molar-refractivity contribution in [1.29, 1.82) is 0 Å². The van der Waals surface area contributed by atoms with Gasteiger partial charge in [0.25, 0.3) is 0 Å². The Bertz CT molecular complexity index is 857. The van der Waals surface area contributed by atoms with Crippen LogP contribution in [-0.2, 0) is 11.2 Å². The standard InChI is InChI=1S/C20H24N4O2S/c1-13(25)24-10-9-14-7-8-15(11-18(14)24)17-12-27-20(22-17)23-19(26)21-16-5-3-2-4-6-16/h7-8,11-12,16H,2-6,9-10H2,1H3,(H2,21,22,23,26). The summed E-state index contributed by atoms with van der Waals surface area (Å²) in [5.74, 6) is 0.0610. The molecule has 1 saturated carbocycles. The minimum atomic E-state index is -0.181. The molecule has 3 amide bonds. The first-order valence-electron chi connectivity index (χ1n) is 9.54. The van der Waals surface area contributed by atoms with Gasteiger partial charge in [0.1, 0.15) is 0 Å². The summed E-state index contributed by atoms with van der Waals surface area (Å²) in [5.41, 5.74) is 3.93. The highest BCUT2D eigenvalue weighted by Gasteiger charge is 2.23. The quantitative estimate of drug-likeness (QED) is 0.834. The summed E-state index contributed by atoms with van der Waals surface area (Å²) >= 11 is 1.41. The van der Waals surface area contributed by atoms with Crippen molar-refractivity contribution in [2.24, 2.45) is 0 Å². The molecule has 0 atom stereocenters. The number of carbonyl (C=O) groups is 2. The first-order valence-corrected chi connectivity index (χ1v) is 10.4. The van der Waals surface area contributed by atoms with E-state index in [4.69, 9.17) is 0 Å². The number of benzene rings is 1. The van der Waals surface area contributed by atoms with Crippen molar-refractivity contribution in [3.05, 3.63) is 29.1 Å². The number of hydrogen-bond donors (Lipinski definition) is 2. The van der Waals surface area contributed by atoms with E-state index in [1.54, 1.807) is 6.92 Å². The van der Waals surface area contributed by atoms with Crippen molar-refractivity contribution in [3.63, 3.8) is 0 Å². The van der Waals surface area contributed by atoms with E-state index in [0.717, 1.165) is 42.8 Å². The van der Waals surface area contributed by atoms with Crippen molar-refractivity contribution in [3.8, 4) is 11.3 Å². The van der Waals surface area contributed by atoms with Gasteiger partial charge in [-0.25, -0.2) is 9.78 Å². The maximum Gasteiger partial charge on any atom is 0.321 e. The summed E-state index contributed by atoms with van der Waals surface area (Å²) < 4.78 is 0. The van der Waals surface area contributed by atoms with E-state index in [-0.39, 0.29) is 18.0 Å². The topological polar surface area (TPSA) is 74.3 Å². The van der Waals surface area contributed by atoms with Crippen LogP contribution in [-0.4, -0.2) is 29.5 Å². The summed E-state index contributed by atoms with van der Waals surface area (Å²) in [7, 11) is 0. The number of nitrogens with zero attached hydrogens (tertiary/aromatic N) is 2. The lowest BCUT2D eigenvalue weighted by atomic mass is 9.96. The molecule has 0 unspecified atom stereocenters. The monoisotopic (exact) mass is 384 g/mol. The Morgan fingerprint density at radius 1 is 1.22 bits per heavy atom. The third-order valence-corrected chi connectivity index (χ3v) is 6.08. The molecule has 27 heavy (non-hydrogen) atoms. The van der Waals surface area contributed by atoms with Gasteiger partial charge in [-0.15, -0.1) is 11.3 Å². The Balaban J connectivity index is 1.44. The number of anilines is 2. The Morgan fingerprint density at radius 3 is 2.81 bits per heavy atom. The lowest BCUT2D eigenvalue weighted by Gasteiger charge is -2.22. The fraction of sp³-hybridized carbons (Fsp3) is 0.450. The normalized spacial score (nSPS) is 16.9. The highest BCUT2D eigenvalue weighted by atomic mass is 32.1. The average molecular weight is 385 g/mol. The van der Waals surface area contributed by atoms with Gasteiger partial charge in [-0.2, -0.15) is 0 Å². The van der Waals surface area contributed by atoms with Crippen LogP contribution in [0.5, 0.6) is 0 Å². The molecule has 1 aliphatic heterocycles. The number of urea groups is 1. The minimum Gasteiger partial charge on any atom is -0.335 e. The van der Waals surface area contributed by atoms with Crippen molar-refractivity contribution in [2.45, 2.75) is 51.5 Å². The average Bonchev–Trinajstić information content (AvgIpc) is 3.28. The molecule has 4 rings (SSSR count). The van der Waals surface area contributed by atoms with Gasteiger partial charge in [-0.1, -0.05) is 31.4 Å². The first-order chi connectivity index (χ1) is 13.1. The second-order valence-corrected chi connectivity index (χ2v) is 8.09. The van der Waals surface area contributed by atoms with Gasteiger partial charge in [0.2, 0.25) is 5.91 Å². The molecule has 2 N–H and O–H groups in total. The number of aromatic nitrogens is 1. The van der Waals surface area contributed by atoms with Gasteiger partial charge in [0.15, 0.2) is 5.13 Å². The molecule has 2 aliphatic rings. The zero-order valence-electron chi connectivity index (χ0n) is 15.5.